The van der Waals surface area contributed by atoms with Gasteiger partial charge in [-0.25, -0.2) is 4.39 Å². The van der Waals surface area contributed by atoms with E-state index in [0.29, 0.717) is 39.2 Å². The molecule has 0 radical (unpaired) electrons. The number of aryl methyl sites for hydroxylation is 2. The molecule has 7 heteroatoms. The summed E-state index contributed by atoms with van der Waals surface area (Å²) in [6, 6.07) is 10.3. The van der Waals surface area contributed by atoms with Crippen LogP contribution in [0.3, 0.4) is 0 Å². The molecule has 0 amide bonds. The van der Waals surface area contributed by atoms with Gasteiger partial charge in [0.25, 0.3) is 0 Å². The highest BCUT2D eigenvalue weighted by Crippen LogP contribution is 2.36. The Morgan fingerprint density at radius 3 is 2.63 bits per heavy atom. The molecule has 0 unspecified atom stereocenters. The second kappa shape index (κ2) is 7.36. The van der Waals surface area contributed by atoms with Crippen LogP contribution < -0.4 is 4.74 Å². The van der Waals surface area contributed by atoms with Crippen LogP contribution in [0.1, 0.15) is 30.1 Å². The third-order valence-corrected chi connectivity index (χ3v) is 5.77. The number of hydrogen-bond acceptors (Lipinski definition) is 4. The lowest BCUT2D eigenvalue weighted by molar-refractivity contribution is 0.437. The van der Waals surface area contributed by atoms with Crippen LogP contribution in [0.15, 0.2) is 42.6 Å². The maximum Gasteiger partial charge on any atom is 0.180 e. The maximum absolute atomic E-state index is 14.8. The van der Waals surface area contributed by atoms with Gasteiger partial charge >= 0.3 is 0 Å². The lowest BCUT2D eigenvalue weighted by atomic mass is 10.1. The summed E-state index contributed by atoms with van der Waals surface area (Å²) in [5.74, 6) is 1.80. The molecule has 1 saturated carbocycles. The summed E-state index contributed by atoms with van der Waals surface area (Å²) in [7, 11) is 0. The smallest absolute Gasteiger partial charge is 0.180 e. The van der Waals surface area contributed by atoms with E-state index in [1.807, 2.05) is 36.6 Å². The first kappa shape index (κ1) is 19.0. The molecule has 1 aromatic carbocycles. The average Bonchev–Trinajstić information content (AvgIpc) is 3.44. The SMILES string of the molecule is Cc1ccc(Oc2ccc(-c3ccn4c(CC5CC5)nnc4c3Cl)cc2F)c(C)n1. The van der Waals surface area contributed by atoms with E-state index >= 15 is 0 Å². The normalized spacial score (nSPS) is 13.7. The van der Waals surface area contributed by atoms with Crippen molar-refractivity contribution >= 4 is 17.2 Å². The largest absolute Gasteiger partial charge is 0.452 e. The van der Waals surface area contributed by atoms with E-state index < -0.39 is 5.82 Å². The van der Waals surface area contributed by atoms with Crippen molar-refractivity contribution in [1.29, 1.82) is 0 Å². The summed E-state index contributed by atoms with van der Waals surface area (Å²) in [5.41, 5.74) is 3.54. The van der Waals surface area contributed by atoms with Crippen LogP contribution in [0, 0.1) is 25.6 Å². The minimum absolute atomic E-state index is 0.138. The van der Waals surface area contributed by atoms with Gasteiger partial charge in [-0.2, -0.15) is 0 Å². The molecule has 0 N–H and O–H groups in total. The Morgan fingerprint density at radius 1 is 1.10 bits per heavy atom. The van der Waals surface area contributed by atoms with Crippen molar-refractivity contribution in [1.82, 2.24) is 19.6 Å². The van der Waals surface area contributed by atoms with Crippen molar-refractivity contribution in [2.75, 3.05) is 0 Å². The molecule has 3 heterocycles. The molecule has 5 rings (SSSR count). The fourth-order valence-electron chi connectivity index (χ4n) is 3.57. The number of pyridine rings is 2. The van der Waals surface area contributed by atoms with Crippen LogP contribution in [0.25, 0.3) is 16.8 Å². The molecule has 0 aliphatic heterocycles. The van der Waals surface area contributed by atoms with Crippen molar-refractivity contribution in [3.63, 3.8) is 0 Å². The number of benzene rings is 1. The Morgan fingerprint density at radius 2 is 1.90 bits per heavy atom. The second-order valence-corrected chi connectivity index (χ2v) is 8.16. The number of fused-ring (bicyclic) bond motifs is 1. The van der Waals surface area contributed by atoms with Crippen molar-refractivity contribution in [3.05, 3.63) is 70.6 Å². The van der Waals surface area contributed by atoms with Gasteiger partial charge in [-0.05, 0) is 68.5 Å². The standard InChI is InChI=1S/C23H20ClFN4O/c1-13-3-7-19(14(2)26-13)30-20-8-6-16(12-18(20)25)17-9-10-29-21(11-15-4-5-15)27-28-23(29)22(17)24/h3,6-10,12,15H,4-5,11H2,1-2H3. The lowest BCUT2D eigenvalue weighted by Crippen LogP contribution is -1.97. The molecule has 1 fully saturated rings. The molecule has 0 spiro atoms. The van der Waals surface area contributed by atoms with Gasteiger partial charge < -0.3 is 4.74 Å². The predicted molar refractivity (Wildman–Crippen MR) is 114 cm³/mol. The Hall–Kier alpha value is -2.99. The number of halogens is 2. The first-order valence-corrected chi connectivity index (χ1v) is 10.3. The van der Waals surface area contributed by atoms with E-state index in [2.05, 4.69) is 15.2 Å². The van der Waals surface area contributed by atoms with Gasteiger partial charge in [0.2, 0.25) is 0 Å². The van der Waals surface area contributed by atoms with E-state index in [4.69, 9.17) is 16.3 Å². The first-order chi connectivity index (χ1) is 14.5. The fraction of sp³-hybridized carbons (Fsp3) is 0.261. The summed E-state index contributed by atoms with van der Waals surface area (Å²) in [5, 5.41) is 9.00. The Kier molecular flexibility index (Phi) is 4.66. The van der Waals surface area contributed by atoms with Gasteiger partial charge in [-0.3, -0.25) is 9.38 Å². The number of rotatable bonds is 5. The second-order valence-electron chi connectivity index (χ2n) is 7.78. The van der Waals surface area contributed by atoms with Crippen LogP contribution in [0.4, 0.5) is 4.39 Å². The molecular formula is C23H20ClFN4O. The zero-order valence-electron chi connectivity index (χ0n) is 16.7. The molecule has 1 aliphatic carbocycles. The summed E-state index contributed by atoms with van der Waals surface area (Å²) in [6.45, 7) is 3.73. The highest BCUT2D eigenvalue weighted by Gasteiger charge is 2.24. The molecule has 30 heavy (non-hydrogen) atoms. The van der Waals surface area contributed by atoms with E-state index in [0.717, 1.165) is 17.9 Å². The lowest BCUT2D eigenvalue weighted by Gasteiger charge is -2.11. The summed E-state index contributed by atoms with van der Waals surface area (Å²) in [4.78, 5) is 4.35. The molecule has 0 saturated heterocycles. The number of hydrogen-bond donors (Lipinski definition) is 0. The van der Waals surface area contributed by atoms with E-state index in [-0.39, 0.29) is 5.75 Å². The van der Waals surface area contributed by atoms with Crippen molar-refractivity contribution < 1.29 is 9.13 Å². The topological polar surface area (TPSA) is 52.3 Å². The highest BCUT2D eigenvalue weighted by atomic mass is 35.5. The molecular weight excluding hydrogens is 403 g/mol. The summed E-state index contributed by atoms with van der Waals surface area (Å²) < 4.78 is 22.5. The zero-order valence-corrected chi connectivity index (χ0v) is 17.4. The molecule has 0 atom stereocenters. The number of aromatic nitrogens is 4. The van der Waals surface area contributed by atoms with Crippen molar-refractivity contribution in [2.45, 2.75) is 33.1 Å². The van der Waals surface area contributed by atoms with Crippen LogP contribution in [-0.4, -0.2) is 19.6 Å². The van der Waals surface area contributed by atoms with Gasteiger partial charge in [0.15, 0.2) is 17.2 Å². The number of nitrogens with zero attached hydrogens (tertiary/aromatic N) is 4. The molecule has 152 valence electrons. The minimum Gasteiger partial charge on any atom is -0.452 e. The van der Waals surface area contributed by atoms with Gasteiger partial charge in [-0.15, -0.1) is 10.2 Å². The number of ether oxygens (including phenoxy) is 1. The first-order valence-electron chi connectivity index (χ1n) is 9.94. The predicted octanol–water partition coefficient (Wildman–Crippen LogP) is 5.95. The highest BCUT2D eigenvalue weighted by molar-refractivity contribution is 6.36. The fourth-order valence-corrected chi connectivity index (χ4v) is 3.87. The van der Waals surface area contributed by atoms with Gasteiger partial charge in [0.1, 0.15) is 11.6 Å². The molecule has 3 aromatic heterocycles. The van der Waals surface area contributed by atoms with Crippen LogP contribution in [-0.2, 0) is 6.42 Å². The molecule has 4 aromatic rings. The van der Waals surface area contributed by atoms with Crippen LogP contribution in [0.2, 0.25) is 5.02 Å². The Balaban J connectivity index is 1.46. The Labute approximate surface area is 178 Å². The quantitative estimate of drug-likeness (QED) is 0.399. The monoisotopic (exact) mass is 422 g/mol. The molecule has 5 nitrogen and oxygen atoms in total. The molecule has 1 aliphatic rings. The average molecular weight is 423 g/mol. The third kappa shape index (κ3) is 3.52. The minimum atomic E-state index is -0.473. The molecule has 0 bridgehead atoms. The van der Waals surface area contributed by atoms with Gasteiger partial charge in [0.05, 0.1) is 10.7 Å². The van der Waals surface area contributed by atoms with E-state index in [9.17, 15) is 4.39 Å². The van der Waals surface area contributed by atoms with E-state index in [1.54, 1.807) is 18.2 Å². The van der Waals surface area contributed by atoms with Gasteiger partial charge in [0, 0.05) is 23.9 Å². The summed E-state index contributed by atoms with van der Waals surface area (Å²) >= 11 is 6.61. The van der Waals surface area contributed by atoms with Crippen molar-refractivity contribution in [2.24, 2.45) is 5.92 Å². The third-order valence-electron chi connectivity index (χ3n) is 5.40. The van der Waals surface area contributed by atoms with Gasteiger partial charge in [-0.1, -0.05) is 17.7 Å². The van der Waals surface area contributed by atoms with Crippen LogP contribution in [0.5, 0.6) is 11.5 Å². The Bertz CT molecular complexity index is 1270. The van der Waals surface area contributed by atoms with Crippen LogP contribution >= 0.6 is 11.6 Å². The van der Waals surface area contributed by atoms with Crippen molar-refractivity contribution in [3.8, 4) is 22.6 Å². The maximum atomic E-state index is 14.8. The van der Waals surface area contributed by atoms with E-state index in [1.165, 1.54) is 18.9 Å². The zero-order chi connectivity index (χ0) is 20.8. The summed E-state index contributed by atoms with van der Waals surface area (Å²) in [6.07, 6.45) is 5.29.